The van der Waals surface area contributed by atoms with Crippen molar-refractivity contribution in [3.8, 4) is 0 Å². The lowest BCUT2D eigenvalue weighted by Crippen LogP contribution is -2.49. The summed E-state index contributed by atoms with van der Waals surface area (Å²) < 4.78 is 0. The highest BCUT2D eigenvalue weighted by Gasteiger charge is 2.43. The Labute approximate surface area is 143 Å². The van der Waals surface area contributed by atoms with Crippen molar-refractivity contribution in [3.05, 3.63) is 35.9 Å². The van der Waals surface area contributed by atoms with Gasteiger partial charge in [0.2, 0.25) is 5.91 Å². The number of carbonyl (C=O) groups is 2. The Morgan fingerprint density at radius 2 is 1.71 bits per heavy atom. The molecule has 4 heteroatoms. The van der Waals surface area contributed by atoms with Crippen LogP contribution in [0.25, 0.3) is 0 Å². The number of carboxylic acid groups (broad SMARTS) is 1. The molecule has 0 unspecified atom stereocenters. The third kappa shape index (κ3) is 3.47. The smallest absolute Gasteiger partial charge is 0.314 e. The van der Waals surface area contributed by atoms with Gasteiger partial charge in [0.1, 0.15) is 0 Å². The first-order valence-electron chi connectivity index (χ1n) is 9.18. The lowest BCUT2D eigenvalue weighted by atomic mass is 9.73. The Bertz CT molecular complexity index is 570. The largest absolute Gasteiger partial charge is 0.481 e. The second-order valence-electron chi connectivity index (χ2n) is 7.32. The summed E-state index contributed by atoms with van der Waals surface area (Å²) in [6.45, 7) is 1.09. The molecule has 1 aliphatic heterocycles. The van der Waals surface area contributed by atoms with Crippen LogP contribution in [0.3, 0.4) is 0 Å². The van der Waals surface area contributed by atoms with Crippen LogP contribution in [0.15, 0.2) is 30.3 Å². The van der Waals surface area contributed by atoms with E-state index in [-0.39, 0.29) is 5.91 Å². The Kier molecular flexibility index (Phi) is 5.22. The van der Waals surface area contributed by atoms with Crippen LogP contribution in [0.1, 0.15) is 56.9 Å². The van der Waals surface area contributed by atoms with Crippen molar-refractivity contribution >= 4 is 11.9 Å². The first-order valence-corrected chi connectivity index (χ1v) is 9.18. The van der Waals surface area contributed by atoms with Gasteiger partial charge in [0.05, 0.1) is 5.41 Å². The topological polar surface area (TPSA) is 57.6 Å². The van der Waals surface area contributed by atoms with Crippen LogP contribution in [0.2, 0.25) is 0 Å². The average molecular weight is 329 g/mol. The normalized spacial score (nSPS) is 20.9. The summed E-state index contributed by atoms with van der Waals surface area (Å²) in [5, 5.41) is 9.81. The number of aliphatic carboxylic acids is 1. The number of nitrogens with zero attached hydrogens (tertiary/aromatic N) is 1. The number of carboxylic acids is 1. The lowest BCUT2D eigenvalue weighted by Gasteiger charge is -2.39. The van der Waals surface area contributed by atoms with Gasteiger partial charge in [-0.15, -0.1) is 0 Å². The summed E-state index contributed by atoms with van der Waals surface area (Å²) in [6.07, 6.45) is 7.77. The van der Waals surface area contributed by atoms with E-state index in [9.17, 15) is 14.7 Å². The molecule has 2 fully saturated rings. The standard InChI is InChI=1S/C20H27NO3/c22-18(11-10-16-6-4-5-7-16)21-14-12-20(13-15-21,19(23)24)17-8-2-1-3-9-17/h1-3,8-9,16H,4-7,10-15H2,(H,23,24). The fourth-order valence-electron chi connectivity index (χ4n) is 4.31. The predicted octanol–water partition coefficient (Wildman–Crippen LogP) is 3.60. The van der Waals surface area contributed by atoms with Gasteiger partial charge in [0.15, 0.2) is 0 Å². The van der Waals surface area contributed by atoms with Gasteiger partial charge in [0, 0.05) is 19.5 Å². The van der Waals surface area contributed by atoms with Gasteiger partial charge in [-0.2, -0.15) is 0 Å². The maximum Gasteiger partial charge on any atom is 0.314 e. The molecule has 1 aliphatic carbocycles. The van der Waals surface area contributed by atoms with E-state index in [1.54, 1.807) is 0 Å². The molecule has 1 aromatic carbocycles. The van der Waals surface area contributed by atoms with Crippen LogP contribution < -0.4 is 0 Å². The molecule has 3 rings (SSSR count). The highest BCUT2D eigenvalue weighted by atomic mass is 16.4. The third-order valence-electron chi connectivity index (χ3n) is 5.95. The molecule has 0 radical (unpaired) electrons. The number of rotatable bonds is 5. The number of piperidine rings is 1. The molecule has 0 spiro atoms. The van der Waals surface area contributed by atoms with Gasteiger partial charge >= 0.3 is 5.97 Å². The zero-order valence-corrected chi connectivity index (χ0v) is 14.2. The molecule has 1 saturated carbocycles. The SMILES string of the molecule is O=C(CCC1CCCC1)N1CCC(C(=O)O)(c2ccccc2)CC1. The quantitative estimate of drug-likeness (QED) is 0.898. The van der Waals surface area contributed by atoms with Crippen LogP contribution in [0, 0.1) is 5.92 Å². The minimum absolute atomic E-state index is 0.203. The maximum absolute atomic E-state index is 12.5. The van der Waals surface area contributed by atoms with E-state index >= 15 is 0 Å². The summed E-state index contributed by atoms with van der Waals surface area (Å²) in [6, 6.07) is 9.47. The minimum Gasteiger partial charge on any atom is -0.481 e. The van der Waals surface area contributed by atoms with Crippen molar-refractivity contribution in [2.75, 3.05) is 13.1 Å². The Balaban J connectivity index is 1.59. The van der Waals surface area contributed by atoms with Crippen LogP contribution >= 0.6 is 0 Å². The fourth-order valence-corrected chi connectivity index (χ4v) is 4.31. The fraction of sp³-hybridized carbons (Fsp3) is 0.600. The van der Waals surface area contributed by atoms with E-state index in [2.05, 4.69) is 0 Å². The second kappa shape index (κ2) is 7.37. The molecule has 1 N–H and O–H groups in total. The molecule has 1 heterocycles. The predicted molar refractivity (Wildman–Crippen MR) is 92.8 cm³/mol. The zero-order chi connectivity index (χ0) is 17.0. The maximum atomic E-state index is 12.5. The van der Waals surface area contributed by atoms with Crippen molar-refractivity contribution in [1.82, 2.24) is 4.90 Å². The monoisotopic (exact) mass is 329 g/mol. The molecule has 0 atom stereocenters. The number of carbonyl (C=O) groups excluding carboxylic acids is 1. The van der Waals surface area contributed by atoms with Crippen molar-refractivity contribution in [2.24, 2.45) is 5.92 Å². The van der Waals surface area contributed by atoms with Crippen LogP contribution in [-0.2, 0) is 15.0 Å². The van der Waals surface area contributed by atoms with Crippen molar-refractivity contribution in [1.29, 1.82) is 0 Å². The Morgan fingerprint density at radius 1 is 1.08 bits per heavy atom. The molecule has 1 aromatic rings. The van der Waals surface area contributed by atoms with Gasteiger partial charge in [-0.25, -0.2) is 0 Å². The third-order valence-corrected chi connectivity index (χ3v) is 5.95. The molecular formula is C20H27NO3. The van der Waals surface area contributed by atoms with Gasteiger partial charge in [-0.1, -0.05) is 56.0 Å². The summed E-state index contributed by atoms with van der Waals surface area (Å²) in [5.41, 5.74) is 0.0132. The summed E-state index contributed by atoms with van der Waals surface area (Å²) in [5.74, 6) is 0.155. The Hall–Kier alpha value is -1.84. The molecule has 1 amide bonds. The molecule has 0 bridgehead atoms. The number of benzene rings is 1. The molecule has 130 valence electrons. The molecular weight excluding hydrogens is 302 g/mol. The first-order chi connectivity index (χ1) is 11.6. The lowest BCUT2D eigenvalue weighted by molar-refractivity contribution is -0.148. The molecule has 24 heavy (non-hydrogen) atoms. The first kappa shape index (κ1) is 17.0. The average Bonchev–Trinajstić information content (AvgIpc) is 3.14. The molecule has 0 aromatic heterocycles. The molecule has 1 saturated heterocycles. The van der Waals surface area contributed by atoms with E-state index in [1.165, 1.54) is 25.7 Å². The Morgan fingerprint density at radius 3 is 2.29 bits per heavy atom. The minimum atomic E-state index is -0.844. The van der Waals surface area contributed by atoms with Gasteiger partial charge < -0.3 is 10.0 Å². The van der Waals surface area contributed by atoms with Gasteiger partial charge in [-0.3, -0.25) is 9.59 Å². The van der Waals surface area contributed by atoms with E-state index in [0.717, 1.165) is 17.9 Å². The van der Waals surface area contributed by atoms with E-state index < -0.39 is 11.4 Å². The van der Waals surface area contributed by atoms with Gasteiger partial charge in [0.25, 0.3) is 0 Å². The summed E-state index contributed by atoms with van der Waals surface area (Å²) in [7, 11) is 0. The van der Waals surface area contributed by atoms with Crippen molar-refractivity contribution < 1.29 is 14.7 Å². The number of hydrogen-bond donors (Lipinski definition) is 1. The highest BCUT2D eigenvalue weighted by molar-refractivity contribution is 5.82. The highest BCUT2D eigenvalue weighted by Crippen LogP contribution is 2.36. The summed E-state index contributed by atoms with van der Waals surface area (Å²) in [4.78, 5) is 26.3. The van der Waals surface area contributed by atoms with E-state index in [0.29, 0.717) is 32.4 Å². The number of amides is 1. The second-order valence-corrected chi connectivity index (χ2v) is 7.32. The van der Waals surface area contributed by atoms with E-state index in [1.807, 2.05) is 35.2 Å². The zero-order valence-electron chi connectivity index (χ0n) is 14.2. The molecule has 4 nitrogen and oxygen atoms in total. The van der Waals surface area contributed by atoms with Crippen LogP contribution in [0.5, 0.6) is 0 Å². The number of likely N-dealkylation sites (tertiary alicyclic amines) is 1. The summed E-state index contributed by atoms with van der Waals surface area (Å²) >= 11 is 0. The van der Waals surface area contributed by atoms with Crippen LogP contribution in [0.4, 0.5) is 0 Å². The van der Waals surface area contributed by atoms with Crippen LogP contribution in [-0.4, -0.2) is 35.0 Å². The van der Waals surface area contributed by atoms with E-state index in [4.69, 9.17) is 0 Å². The number of hydrogen-bond acceptors (Lipinski definition) is 2. The van der Waals surface area contributed by atoms with Crippen molar-refractivity contribution in [3.63, 3.8) is 0 Å². The van der Waals surface area contributed by atoms with Crippen molar-refractivity contribution in [2.45, 2.75) is 56.8 Å². The van der Waals surface area contributed by atoms with Gasteiger partial charge in [-0.05, 0) is 30.7 Å². The molecule has 2 aliphatic rings.